The lowest BCUT2D eigenvalue weighted by Gasteiger charge is -2.09. The van der Waals surface area contributed by atoms with E-state index in [1.807, 2.05) is 6.07 Å². The third-order valence-electron chi connectivity index (χ3n) is 3.71. The summed E-state index contributed by atoms with van der Waals surface area (Å²) in [7, 11) is 0. The summed E-state index contributed by atoms with van der Waals surface area (Å²) in [6.45, 7) is 2.26. The Bertz CT molecular complexity index is 633. The fourth-order valence-electron chi connectivity index (χ4n) is 2.20. The number of halogens is 2. The topological polar surface area (TPSA) is 12.0 Å². The molecule has 20 heavy (non-hydrogen) atoms. The Hall–Kier alpha value is -1.74. The van der Waals surface area contributed by atoms with Crippen molar-refractivity contribution in [1.29, 1.82) is 0 Å². The molecule has 0 aromatic heterocycles. The van der Waals surface area contributed by atoms with E-state index in [1.54, 1.807) is 25.1 Å². The van der Waals surface area contributed by atoms with Gasteiger partial charge in [-0.25, -0.2) is 8.78 Å². The molecule has 1 aliphatic carbocycles. The van der Waals surface area contributed by atoms with Gasteiger partial charge in [0.05, 0.1) is 0 Å². The Balaban J connectivity index is 1.88. The molecule has 0 aliphatic heterocycles. The zero-order valence-electron chi connectivity index (χ0n) is 11.4. The highest BCUT2D eigenvalue weighted by Gasteiger charge is 2.20. The van der Waals surface area contributed by atoms with Crippen molar-refractivity contribution in [3.63, 3.8) is 0 Å². The van der Waals surface area contributed by atoms with Gasteiger partial charge in [-0.15, -0.1) is 0 Å². The minimum atomic E-state index is -0.232. The number of nitrogens with one attached hydrogen (secondary N) is 1. The molecule has 1 aliphatic rings. The van der Waals surface area contributed by atoms with Gasteiger partial charge in [0.2, 0.25) is 0 Å². The van der Waals surface area contributed by atoms with Gasteiger partial charge in [-0.2, -0.15) is 0 Å². The molecule has 1 N–H and O–H groups in total. The van der Waals surface area contributed by atoms with Crippen LogP contribution in [0.2, 0.25) is 0 Å². The van der Waals surface area contributed by atoms with Crippen LogP contribution in [0.4, 0.5) is 8.78 Å². The Labute approximate surface area is 117 Å². The fraction of sp³-hybridized carbons (Fsp3) is 0.294. The first-order chi connectivity index (χ1) is 9.63. The first-order valence-electron chi connectivity index (χ1n) is 6.92. The van der Waals surface area contributed by atoms with Crippen molar-refractivity contribution >= 4 is 0 Å². The summed E-state index contributed by atoms with van der Waals surface area (Å²) in [6.07, 6.45) is 2.34. The van der Waals surface area contributed by atoms with Gasteiger partial charge in [-0.05, 0) is 54.7 Å². The Kier molecular flexibility index (Phi) is 3.53. The molecule has 0 unspecified atom stereocenters. The summed E-state index contributed by atoms with van der Waals surface area (Å²) >= 11 is 0. The lowest BCUT2D eigenvalue weighted by atomic mass is 10.0. The van der Waals surface area contributed by atoms with E-state index in [4.69, 9.17) is 0 Å². The average Bonchev–Trinajstić information content (AvgIpc) is 3.25. The maximum atomic E-state index is 13.8. The average molecular weight is 273 g/mol. The van der Waals surface area contributed by atoms with Crippen molar-refractivity contribution in [3.05, 3.63) is 59.2 Å². The predicted octanol–water partition coefficient (Wildman–Crippen LogP) is 4.19. The van der Waals surface area contributed by atoms with Gasteiger partial charge in [-0.1, -0.05) is 18.2 Å². The summed E-state index contributed by atoms with van der Waals surface area (Å²) in [5.41, 5.74) is 2.88. The van der Waals surface area contributed by atoms with E-state index in [-0.39, 0.29) is 11.6 Å². The second kappa shape index (κ2) is 5.33. The third-order valence-corrected chi connectivity index (χ3v) is 3.71. The van der Waals surface area contributed by atoms with E-state index in [0.29, 0.717) is 23.7 Å². The molecule has 3 heteroatoms. The van der Waals surface area contributed by atoms with E-state index in [0.717, 1.165) is 11.1 Å². The van der Waals surface area contributed by atoms with Crippen molar-refractivity contribution in [2.75, 3.05) is 0 Å². The maximum absolute atomic E-state index is 13.8. The van der Waals surface area contributed by atoms with Gasteiger partial charge in [-0.3, -0.25) is 0 Å². The smallest absolute Gasteiger partial charge is 0.127 e. The molecule has 0 atom stereocenters. The Morgan fingerprint density at radius 2 is 1.70 bits per heavy atom. The number of hydrogen-bond donors (Lipinski definition) is 1. The lowest BCUT2D eigenvalue weighted by Crippen LogP contribution is -2.16. The fourth-order valence-corrected chi connectivity index (χ4v) is 2.20. The molecule has 1 nitrogen and oxygen atoms in total. The first kappa shape index (κ1) is 13.3. The van der Waals surface area contributed by atoms with Crippen molar-refractivity contribution in [2.45, 2.75) is 32.4 Å². The third kappa shape index (κ3) is 2.88. The molecule has 0 heterocycles. The summed E-state index contributed by atoms with van der Waals surface area (Å²) in [5, 5.41) is 3.30. The molecule has 0 amide bonds. The van der Waals surface area contributed by atoms with Gasteiger partial charge in [0.15, 0.2) is 0 Å². The minimum Gasteiger partial charge on any atom is -0.310 e. The molecule has 0 saturated heterocycles. The number of benzene rings is 2. The molecular weight excluding hydrogens is 256 g/mol. The van der Waals surface area contributed by atoms with Crippen molar-refractivity contribution in [2.24, 2.45) is 0 Å². The molecule has 2 aromatic carbocycles. The highest BCUT2D eigenvalue weighted by molar-refractivity contribution is 5.64. The van der Waals surface area contributed by atoms with E-state index < -0.39 is 0 Å². The normalized spacial score (nSPS) is 14.6. The van der Waals surface area contributed by atoms with Crippen molar-refractivity contribution in [1.82, 2.24) is 5.32 Å². The summed E-state index contributed by atoms with van der Waals surface area (Å²) in [4.78, 5) is 0. The van der Waals surface area contributed by atoms with Crippen molar-refractivity contribution < 1.29 is 8.78 Å². The SMILES string of the molecule is Cc1ccc(-c2ccc(F)c(CNC3CC3)c2)cc1F. The van der Waals surface area contributed by atoms with Crippen LogP contribution in [0.1, 0.15) is 24.0 Å². The van der Waals surface area contributed by atoms with Crippen LogP contribution in [0.15, 0.2) is 36.4 Å². The largest absolute Gasteiger partial charge is 0.310 e. The highest BCUT2D eigenvalue weighted by atomic mass is 19.1. The quantitative estimate of drug-likeness (QED) is 0.880. The van der Waals surface area contributed by atoms with Gasteiger partial charge in [0.1, 0.15) is 11.6 Å². The van der Waals surface area contributed by atoms with Crippen LogP contribution < -0.4 is 5.32 Å². The zero-order valence-corrected chi connectivity index (χ0v) is 11.4. The Morgan fingerprint density at radius 3 is 2.40 bits per heavy atom. The van der Waals surface area contributed by atoms with Crippen molar-refractivity contribution in [3.8, 4) is 11.1 Å². The molecule has 104 valence electrons. The summed E-state index contributed by atoms with van der Waals surface area (Å²) in [5.74, 6) is -0.445. The molecular formula is C17H17F2N. The molecule has 0 radical (unpaired) electrons. The van der Waals surface area contributed by atoms with E-state index in [2.05, 4.69) is 5.32 Å². The maximum Gasteiger partial charge on any atom is 0.127 e. The van der Waals surface area contributed by atoms with Crippen LogP contribution >= 0.6 is 0 Å². The first-order valence-corrected chi connectivity index (χ1v) is 6.92. The second-order valence-corrected chi connectivity index (χ2v) is 5.43. The monoisotopic (exact) mass is 273 g/mol. The lowest BCUT2D eigenvalue weighted by molar-refractivity contribution is 0.587. The highest BCUT2D eigenvalue weighted by Crippen LogP contribution is 2.25. The molecule has 1 fully saturated rings. The summed E-state index contributed by atoms with van der Waals surface area (Å²) < 4.78 is 27.4. The molecule has 0 spiro atoms. The number of aryl methyl sites for hydroxylation is 1. The molecule has 2 aromatic rings. The van der Waals surface area contributed by atoms with Crippen LogP contribution in [0.25, 0.3) is 11.1 Å². The van der Waals surface area contributed by atoms with E-state index >= 15 is 0 Å². The van der Waals surface area contributed by atoms with Crippen LogP contribution in [0, 0.1) is 18.6 Å². The minimum absolute atomic E-state index is 0.213. The summed E-state index contributed by atoms with van der Waals surface area (Å²) in [6, 6.07) is 10.6. The predicted molar refractivity (Wildman–Crippen MR) is 76.4 cm³/mol. The van der Waals surface area contributed by atoms with Crippen LogP contribution in [-0.4, -0.2) is 6.04 Å². The second-order valence-electron chi connectivity index (χ2n) is 5.43. The van der Waals surface area contributed by atoms with Gasteiger partial charge < -0.3 is 5.32 Å². The van der Waals surface area contributed by atoms with Crippen LogP contribution in [0.5, 0.6) is 0 Å². The molecule has 1 saturated carbocycles. The van der Waals surface area contributed by atoms with Gasteiger partial charge in [0, 0.05) is 18.2 Å². The van der Waals surface area contributed by atoms with Crippen LogP contribution in [-0.2, 0) is 6.54 Å². The van der Waals surface area contributed by atoms with Crippen LogP contribution in [0.3, 0.4) is 0 Å². The number of rotatable bonds is 4. The Morgan fingerprint density at radius 1 is 1.00 bits per heavy atom. The number of hydrogen-bond acceptors (Lipinski definition) is 1. The molecule has 0 bridgehead atoms. The molecule has 3 rings (SSSR count). The van der Waals surface area contributed by atoms with E-state index in [1.165, 1.54) is 25.0 Å². The van der Waals surface area contributed by atoms with E-state index in [9.17, 15) is 8.78 Å². The van der Waals surface area contributed by atoms with Gasteiger partial charge >= 0.3 is 0 Å². The standard InChI is InChI=1S/C17H17F2N/c1-11-2-3-13(9-17(11)19)12-4-7-16(18)14(8-12)10-20-15-5-6-15/h2-4,7-9,15,20H,5-6,10H2,1H3. The zero-order chi connectivity index (χ0) is 14.1. The van der Waals surface area contributed by atoms with Gasteiger partial charge in [0.25, 0.3) is 0 Å².